The number of anilines is 1. The summed E-state index contributed by atoms with van der Waals surface area (Å²) >= 11 is 0. The van der Waals surface area contributed by atoms with Crippen LogP contribution in [0.1, 0.15) is 18.4 Å². The van der Waals surface area contributed by atoms with E-state index in [-0.39, 0.29) is 18.4 Å². The summed E-state index contributed by atoms with van der Waals surface area (Å²) in [7, 11) is 0. The summed E-state index contributed by atoms with van der Waals surface area (Å²) in [5.41, 5.74) is 1.53. The molecule has 186 valence electrons. The van der Waals surface area contributed by atoms with Gasteiger partial charge in [0, 0.05) is 89.5 Å². The Morgan fingerprint density at radius 1 is 0.914 bits per heavy atom. The van der Waals surface area contributed by atoms with Crippen LogP contribution in [0, 0.1) is 11.8 Å². The molecule has 3 fully saturated rings. The highest BCUT2D eigenvalue weighted by Gasteiger charge is 2.29. The van der Waals surface area contributed by atoms with Gasteiger partial charge in [-0.25, -0.2) is 14.4 Å². The van der Waals surface area contributed by atoms with Crippen molar-refractivity contribution < 1.29 is 24.3 Å². The smallest absolute Gasteiger partial charge is 0.407 e. The number of carbonyl (C=O) groups is 4. The molecule has 11 nitrogen and oxygen atoms in total. The Labute approximate surface area is 204 Å². The van der Waals surface area contributed by atoms with Crippen molar-refractivity contribution >= 4 is 29.8 Å². The number of nitrogens with one attached hydrogen (secondary N) is 1. The summed E-state index contributed by atoms with van der Waals surface area (Å²) in [4.78, 5) is 55.9. The molecule has 4 rings (SSSR count). The monoisotopic (exact) mass is 482 g/mol. The molecule has 3 aliphatic rings. The Balaban J connectivity index is 1.20. The van der Waals surface area contributed by atoms with E-state index in [1.807, 2.05) is 29.2 Å². The third-order valence-electron chi connectivity index (χ3n) is 6.46. The molecule has 0 radical (unpaired) electrons. The number of carboxylic acid groups (broad SMARTS) is 1. The molecule has 3 saturated heterocycles. The minimum Gasteiger partial charge on any atom is -0.465 e. The van der Waals surface area contributed by atoms with Crippen LogP contribution in [0.15, 0.2) is 24.3 Å². The van der Waals surface area contributed by atoms with Gasteiger partial charge in [-0.15, -0.1) is 0 Å². The van der Waals surface area contributed by atoms with E-state index in [1.165, 1.54) is 4.90 Å². The van der Waals surface area contributed by atoms with E-state index in [4.69, 9.17) is 5.11 Å². The number of piperazine rings is 2. The molecule has 0 unspecified atom stereocenters. The molecule has 0 aromatic heterocycles. The van der Waals surface area contributed by atoms with Crippen LogP contribution in [0.5, 0.6) is 0 Å². The van der Waals surface area contributed by atoms with Crippen molar-refractivity contribution in [3.05, 3.63) is 29.8 Å². The minimum absolute atomic E-state index is 0.0129. The fourth-order valence-electron chi connectivity index (χ4n) is 4.39. The largest absolute Gasteiger partial charge is 0.465 e. The van der Waals surface area contributed by atoms with Gasteiger partial charge < -0.3 is 19.8 Å². The Bertz CT molecular complexity index is 1030. The highest BCUT2D eigenvalue weighted by Crippen LogP contribution is 2.18. The molecule has 35 heavy (non-hydrogen) atoms. The minimum atomic E-state index is -0.936. The highest BCUT2D eigenvalue weighted by atomic mass is 16.4. The van der Waals surface area contributed by atoms with Gasteiger partial charge in [0.15, 0.2) is 0 Å². The molecule has 1 aromatic carbocycles. The number of hydrogen-bond acceptors (Lipinski definition) is 5. The molecule has 3 aliphatic heterocycles. The van der Waals surface area contributed by atoms with Crippen LogP contribution in [0.3, 0.4) is 0 Å². The predicted octanol–water partition coefficient (Wildman–Crippen LogP) is 0.908. The second kappa shape index (κ2) is 11.1. The van der Waals surface area contributed by atoms with E-state index in [0.717, 1.165) is 25.2 Å². The summed E-state index contributed by atoms with van der Waals surface area (Å²) in [5.74, 6) is 6.08. The zero-order chi connectivity index (χ0) is 24.8. The van der Waals surface area contributed by atoms with Gasteiger partial charge in [-0.05, 0) is 18.2 Å². The average molecular weight is 483 g/mol. The first-order valence-electron chi connectivity index (χ1n) is 11.8. The molecule has 0 bridgehead atoms. The standard InChI is InChI=1S/C24H30N6O5/c31-21-7-9-30(22(32)25-21)20-6-3-5-19(18-20)4-1-2-8-26-10-12-27(13-11-26)23(33)28-14-16-29(17-15-28)24(34)35/h3,5-6,18H,2,7-17H2,(H,34,35)(H,25,31,32). The first-order valence-corrected chi connectivity index (χ1v) is 11.8. The second-order valence-electron chi connectivity index (χ2n) is 8.73. The number of benzene rings is 1. The van der Waals surface area contributed by atoms with Gasteiger partial charge in [-0.1, -0.05) is 17.9 Å². The van der Waals surface area contributed by atoms with E-state index in [1.54, 1.807) is 9.80 Å². The predicted molar refractivity (Wildman–Crippen MR) is 128 cm³/mol. The fourth-order valence-corrected chi connectivity index (χ4v) is 4.39. The normalized spacial score (nSPS) is 19.2. The lowest BCUT2D eigenvalue weighted by atomic mass is 10.1. The van der Waals surface area contributed by atoms with E-state index >= 15 is 0 Å². The topological polar surface area (TPSA) is 117 Å². The molecule has 1 aromatic rings. The summed E-state index contributed by atoms with van der Waals surface area (Å²) in [5, 5.41) is 11.4. The van der Waals surface area contributed by atoms with Crippen molar-refractivity contribution in [1.82, 2.24) is 24.9 Å². The second-order valence-corrected chi connectivity index (χ2v) is 8.73. The lowest BCUT2D eigenvalue weighted by Crippen LogP contribution is -2.57. The summed E-state index contributed by atoms with van der Waals surface area (Å²) < 4.78 is 0. The number of urea groups is 2. The molecule has 0 aliphatic carbocycles. The van der Waals surface area contributed by atoms with Crippen molar-refractivity contribution in [2.75, 3.05) is 70.3 Å². The summed E-state index contributed by atoms with van der Waals surface area (Å²) in [6.45, 7) is 5.59. The number of hydrogen-bond donors (Lipinski definition) is 2. The lowest BCUT2D eigenvalue weighted by Gasteiger charge is -2.40. The van der Waals surface area contributed by atoms with Crippen LogP contribution >= 0.6 is 0 Å². The third-order valence-corrected chi connectivity index (χ3v) is 6.46. The van der Waals surface area contributed by atoms with Gasteiger partial charge in [-0.2, -0.15) is 0 Å². The van der Waals surface area contributed by atoms with E-state index in [9.17, 15) is 19.2 Å². The van der Waals surface area contributed by atoms with Crippen LogP contribution in [-0.2, 0) is 4.79 Å². The molecular weight excluding hydrogens is 452 g/mol. The van der Waals surface area contributed by atoms with Crippen LogP contribution in [0.25, 0.3) is 0 Å². The van der Waals surface area contributed by atoms with Crippen molar-refractivity contribution in [2.45, 2.75) is 12.8 Å². The quantitative estimate of drug-likeness (QED) is 0.619. The van der Waals surface area contributed by atoms with Gasteiger partial charge in [-0.3, -0.25) is 19.9 Å². The van der Waals surface area contributed by atoms with Gasteiger partial charge in [0.05, 0.1) is 0 Å². The van der Waals surface area contributed by atoms with E-state index in [2.05, 4.69) is 22.1 Å². The van der Waals surface area contributed by atoms with Crippen molar-refractivity contribution in [1.29, 1.82) is 0 Å². The van der Waals surface area contributed by atoms with Gasteiger partial charge in [0.1, 0.15) is 0 Å². The van der Waals surface area contributed by atoms with Crippen LogP contribution in [0.2, 0.25) is 0 Å². The Morgan fingerprint density at radius 3 is 2.23 bits per heavy atom. The van der Waals surface area contributed by atoms with E-state index < -0.39 is 12.1 Å². The molecular formula is C24H30N6O5. The third kappa shape index (κ3) is 6.22. The molecule has 2 N–H and O–H groups in total. The van der Waals surface area contributed by atoms with Gasteiger partial charge >= 0.3 is 18.2 Å². The average Bonchev–Trinajstić information content (AvgIpc) is 2.87. The zero-order valence-electron chi connectivity index (χ0n) is 19.6. The Morgan fingerprint density at radius 2 is 1.57 bits per heavy atom. The molecule has 11 heteroatoms. The maximum Gasteiger partial charge on any atom is 0.407 e. The SMILES string of the molecule is O=C1CCN(c2cccc(C#CCCN3CCN(C(=O)N4CCN(C(=O)O)CC4)CC3)c2)C(=O)N1. The number of amides is 6. The Kier molecular flexibility index (Phi) is 7.72. The van der Waals surface area contributed by atoms with Gasteiger partial charge in [0.2, 0.25) is 5.91 Å². The van der Waals surface area contributed by atoms with Crippen molar-refractivity contribution in [3.8, 4) is 11.8 Å². The number of rotatable bonds is 3. The first kappa shape index (κ1) is 24.3. The van der Waals surface area contributed by atoms with Crippen molar-refractivity contribution in [3.63, 3.8) is 0 Å². The van der Waals surface area contributed by atoms with Crippen LogP contribution in [0.4, 0.5) is 20.1 Å². The van der Waals surface area contributed by atoms with Gasteiger partial charge in [0.25, 0.3) is 0 Å². The maximum absolute atomic E-state index is 12.7. The fraction of sp³-hybridized carbons (Fsp3) is 0.500. The lowest BCUT2D eigenvalue weighted by molar-refractivity contribution is -0.120. The van der Waals surface area contributed by atoms with Crippen LogP contribution < -0.4 is 10.2 Å². The highest BCUT2D eigenvalue weighted by molar-refractivity contribution is 6.05. The Hall–Kier alpha value is -3.78. The first-order chi connectivity index (χ1) is 16.9. The molecule has 3 heterocycles. The van der Waals surface area contributed by atoms with E-state index in [0.29, 0.717) is 57.9 Å². The van der Waals surface area contributed by atoms with Crippen LogP contribution in [-0.4, -0.2) is 114 Å². The molecule has 0 atom stereocenters. The number of imide groups is 1. The molecule has 0 spiro atoms. The summed E-state index contributed by atoms with van der Waals surface area (Å²) in [6.07, 6.45) is 0.0317. The van der Waals surface area contributed by atoms with Crippen molar-refractivity contribution in [2.24, 2.45) is 0 Å². The summed E-state index contributed by atoms with van der Waals surface area (Å²) in [6, 6.07) is 6.99. The number of carbonyl (C=O) groups excluding carboxylic acids is 3. The maximum atomic E-state index is 12.7. The number of nitrogens with zero attached hydrogens (tertiary/aromatic N) is 5. The molecule has 0 saturated carbocycles. The molecule has 6 amide bonds. The zero-order valence-corrected chi connectivity index (χ0v) is 19.6.